The molecule has 2 aliphatic heterocycles. The number of carbonyl (C=O) groups excluding carboxylic acids is 1. The van der Waals surface area contributed by atoms with Crippen molar-refractivity contribution in [3.05, 3.63) is 42.4 Å². The van der Waals surface area contributed by atoms with E-state index in [4.69, 9.17) is 14.5 Å². The van der Waals surface area contributed by atoms with Gasteiger partial charge in [0.25, 0.3) is 0 Å². The van der Waals surface area contributed by atoms with Crippen LogP contribution in [0.4, 0.5) is 5.82 Å². The van der Waals surface area contributed by atoms with Crippen LogP contribution in [-0.2, 0) is 9.53 Å². The minimum absolute atomic E-state index is 0.114. The van der Waals surface area contributed by atoms with Crippen LogP contribution in [0, 0.1) is 22.7 Å². The molecule has 10 heteroatoms. The number of pyridine rings is 2. The van der Waals surface area contributed by atoms with Crippen LogP contribution in [0.1, 0.15) is 52.0 Å². The zero-order chi connectivity index (χ0) is 28.3. The van der Waals surface area contributed by atoms with Crippen LogP contribution in [0.25, 0.3) is 16.6 Å². The number of amides is 1. The Kier molecular flexibility index (Phi) is 7.97. The second kappa shape index (κ2) is 11.4. The highest BCUT2D eigenvalue weighted by Crippen LogP contribution is 2.35. The van der Waals surface area contributed by atoms with Crippen molar-refractivity contribution >= 4 is 17.2 Å². The standard InChI is InChI=1S/C30H38N6O4/c1-29(2,38)20-40-24-13-25(27-23(14-31)17-34-36(27)18-24)22-6-7-26(32-16-22)35-10-8-30(3,9-11-35)28(37)33-15-21-5-4-12-39-19-21/h6-7,13,16-18,21,38H,4-5,8-12,15,19-20H2,1-3H3,(H,33,37). The highest BCUT2D eigenvalue weighted by molar-refractivity contribution is 5.85. The van der Waals surface area contributed by atoms with Gasteiger partial charge in [-0.15, -0.1) is 0 Å². The van der Waals surface area contributed by atoms with Gasteiger partial charge in [0.1, 0.15) is 24.2 Å². The Morgan fingerprint density at radius 1 is 1.32 bits per heavy atom. The summed E-state index contributed by atoms with van der Waals surface area (Å²) in [6, 6.07) is 8.02. The van der Waals surface area contributed by atoms with Crippen molar-refractivity contribution in [2.24, 2.45) is 11.3 Å². The Bertz CT molecular complexity index is 1370. The number of fused-ring (bicyclic) bond motifs is 1. The van der Waals surface area contributed by atoms with Crippen molar-refractivity contribution in [2.75, 3.05) is 44.4 Å². The molecule has 1 amide bonds. The molecule has 5 heterocycles. The summed E-state index contributed by atoms with van der Waals surface area (Å²) in [5, 5.41) is 27.2. The number of hydrogen-bond donors (Lipinski definition) is 2. The van der Waals surface area contributed by atoms with Crippen LogP contribution >= 0.6 is 0 Å². The maximum Gasteiger partial charge on any atom is 0.226 e. The van der Waals surface area contributed by atoms with Crippen LogP contribution < -0.4 is 15.0 Å². The summed E-state index contributed by atoms with van der Waals surface area (Å²) in [4.78, 5) is 20.0. The van der Waals surface area contributed by atoms with Crippen LogP contribution in [0.15, 0.2) is 36.8 Å². The lowest BCUT2D eigenvalue weighted by atomic mass is 9.79. The van der Waals surface area contributed by atoms with E-state index in [1.165, 1.54) is 6.20 Å². The summed E-state index contributed by atoms with van der Waals surface area (Å²) in [6.07, 6.45) is 8.71. The van der Waals surface area contributed by atoms with E-state index in [1.54, 1.807) is 30.8 Å². The normalized spacial score (nSPS) is 19.3. The minimum atomic E-state index is -0.990. The smallest absolute Gasteiger partial charge is 0.226 e. The van der Waals surface area contributed by atoms with Crippen LogP contribution in [0.5, 0.6) is 5.75 Å². The predicted molar refractivity (Wildman–Crippen MR) is 151 cm³/mol. The van der Waals surface area contributed by atoms with E-state index in [0.29, 0.717) is 29.3 Å². The van der Waals surface area contributed by atoms with Crippen LogP contribution in [-0.4, -0.2) is 70.7 Å². The van der Waals surface area contributed by atoms with E-state index in [1.807, 2.05) is 18.2 Å². The lowest BCUT2D eigenvalue weighted by Gasteiger charge is -2.39. The number of anilines is 1. The number of aromatic nitrogens is 3. The summed E-state index contributed by atoms with van der Waals surface area (Å²) in [7, 11) is 0. The SMILES string of the molecule is CC(C)(O)COc1cc(-c2ccc(N3CCC(C)(C(=O)NCC4CCCOC4)CC3)nc2)c2c(C#N)cnn2c1. The Labute approximate surface area is 234 Å². The monoisotopic (exact) mass is 546 g/mol. The number of aliphatic hydroxyl groups is 1. The first kappa shape index (κ1) is 27.9. The van der Waals surface area contributed by atoms with Gasteiger partial charge in [0.05, 0.1) is 35.7 Å². The third kappa shape index (κ3) is 6.21. The van der Waals surface area contributed by atoms with Crippen molar-refractivity contribution in [1.82, 2.24) is 19.9 Å². The molecule has 40 heavy (non-hydrogen) atoms. The van der Waals surface area contributed by atoms with E-state index in [2.05, 4.69) is 28.3 Å². The second-order valence-electron chi connectivity index (χ2n) is 11.9. The molecule has 212 valence electrons. The molecule has 0 bridgehead atoms. The van der Waals surface area contributed by atoms with Gasteiger partial charge >= 0.3 is 0 Å². The highest BCUT2D eigenvalue weighted by atomic mass is 16.5. The molecule has 2 N–H and O–H groups in total. The summed E-state index contributed by atoms with van der Waals surface area (Å²) in [5.74, 6) is 1.92. The molecule has 5 rings (SSSR count). The van der Waals surface area contributed by atoms with E-state index in [-0.39, 0.29) is 12.5 Å². The lowest BCUT2D eigenvalue weighted by molar-refractivity contribution is -0.131. The molecule has 1 unspecified atom stereocenters. The van der Waals surface area contributed by atoms with Gasteiger partial charge in [0.2, 0.25) is 5.91 Å². The summed E-state index contributed by atoms with van der Waals surface area (Å²) < 4.78 is 13.0. The Balaban J connectivity index is 1.27. The summed E-state index contributed by atoms with van der Waals surface area (Å²) >= 11 is 0. The van der Waals surface area contributed by atoms with Gasteiger partial charge in [0, 0.05) is 49.0 Å². The van der Waals surface area contributed by atoms with Gasteiger partial charge in [-0.05, 0) is 63.6 Å². The number of carbonyl (C=O) groups is 1. The molecule has 0 spiro atoms. The van der Waals surface area contributed by atoms with Gasteiger partial charge in [-0.25, -0.2) is 9.50 Å². The predicted octanol–water partition coefficient (Wildman–Crippen LogP) is 3.57. The number of piperidine rings is 1. The number of rotatable bonds is 8. The molecule has 0 saturated carbocycles. The fourth-order valence-electron chi connectivity index (χ4n) is 5.35. The number of nitriles is 1. The van der Waals surface area contributed by atoms with E-state index >= 15 is 0 Å². The van der Waals surface area contributed by atoms with Crippen LogP contribution in [0.2, 0.25) is 0 Å². The van der Waals surface area contributed by atoms with Crippen molar-refractivity contribution in [3.63, 3.8) is 0 Å². The fraction of sp³-hybridized carbons (Fsp3) is 0.533. The Morgan fingerprint density at radius 2 is 2.12 bits per heavy atom. The topological polar surface area (TPSA) is 125 Å². The van der Waals surface area contributed by atoms with E-state index in [9.17, 15) is 15.2 Å². The van der Waals surface area contributed by atoms with E-state index < -0.39 is 11.0 Å². The van der Waals surface area contributed by atoms with E-state index in [0.717, 1.165) is 68.9 Å². The average Bonchev–Trinajstić information content (AvgIpc) is 3.38. The molecule has 2 fully saturated rings. The molecule has 0 aromatic carbocycles. The molecule has 0 aliphatic carbocycles. The molecular weight excluding hydrogens is 508 g/mol. The molecule has 3 aromatic rings. The number of ether oxygens (including phenoxy) is 2. The molecule has 0 radical (unpaired) electrons. The van der Waals surface area contributed by atoms with Gasteiger partial charge in [-0.1, -0.05) is 6.92 Å². The van der Waals surface area contributed by atoms with Crippen molar-refractivity contribution in [2.45, 2.75) is 52.1 Å². The molecule has 10 nitrogen and oxygen atoms in total. The minimum Gasteiger partial charge on any atom is -0.489 e. The second-order valence-corrected chi connectivity index (χ2v) is 11.9. The zero-order valence-corrected chi connectivity index (χ0v) is 23.5. The summed E-state index contributed by atoms with van der Waals surface area (Å²) in [5.41, 5.74) is 1.34. The van der Waals surface area contributed by atoms with Gasteiger partial charge in [-0.3, -0.25) is 4.79 Å². The highest BCUT2D eigenvalue weighted by Gasteiger charge is 2.37. The molecule has 2 saturated heterocycles. The first-order valence-corrected chi connectivity index (χ1v) is 14.0. The first-order valence-electron chi connectivity index (χ1n) is 14.0. The Morgan fingerprint density at radius 3 is 2.77 bits per heavy atom. The first-order chi connectivity index (χ1) is 19.1. The van der Waals surface area contributed by atoms with Crippen molar-refractivity contribution < 1.29 is 19.4 Å². The molecule has 1 atom stereocenters. The quantitative estimate of drug-likeness (QED) is 0.439. The average molecular weight is 547 g/mol. The molecule has 2 aliphatic rings. The maximum atomic E-state index is 13.0. The molecule has 3 aromatic heterocycles. The van der Waals surface area contributed by atoms with Crippen molar-refractivity contribution in [1.29, 1.82) is 5.26 Å². The third-order valence-corrected chi connectivity index (χ3v) is 7.90. The van der Waals surface area contributed by atoms with Gasteiger partial charge < -0.3 is 24.8 Å². The Hall–Kier alpha value is -3.68. The van der Waals surface area contributed by atoms with Gasteiger partial charge in [0.15, 0.2) is 0 Å². The zero-order valence-electron chi connectivity index (χ0n) is 23.5. The number of nitrogens with zero attached hydrogens (tertiary/aromatic N) is 5. The summed E-state index contributed by atoms with van der Waals surface area (Å²) in [6.45, 7) is 9.26. The van der Waals surface area contributed by atoms with Crippen LogP contribution in [0.3, 0.4) is 0 Å². The van der Waals surface area contributed by atoms with Gasteiger partial charge in [-0.2, -0.15) is 10.4 Å². The number of hydrogen-bond acceptors (Lipinski definition) is 8. The van der Waals surface area contributed by atoms with Crippen molar-refractivity contribution in [3.8, 4) is 22.9 Å². The maximum absolute atomic E-state index is 13.0. The fourth-order valence-corrected chi connectivity index (χ4v) is 5.35. The third-order valence-electron chi connectivity index (χ3n) is 7.90. The molecular formula is C30H38N6O4. The largest absolute Gasteiger partial charge is 0.489 e. The lowest BCUT2D eigenvalue weighted by Crippen LogP contribution is -2.48. The number of nitrogens with one attached hydrogen (secondary N) is 1.